The molecule has 0 bridgehead atoms. The molecule has 0 unspecified atom stereocenters. The molecule has 4 aromatic carbocycles. The van der Waals surface area contributed by atoms with Crippen LogP contribution in [0.25, 0.3) is 17.5 Å². The van der Waals surface area contributed by atoms with Gasteiger partial charge in [-0.15, -0.1) is 0 Å². The van der Waals surface area contributed by atoms with E-state index < -0.39 is 17.4 Å². The first-order valence-electron chi connectivity index (χ1n) is 12.9. The Bertz CT molecular complexity index is 1780. The van der Waals surface area contributed by atoms with E-state index in [-0.39, 0.29) is 17.0 Å². The average Bonchev–Trinajstić information content (AvgIpc) is 3.42. The topological polar surface area (TPSA) is 87.8 Å². The molecule has 1 aliphatic heterocycles. The second-order valence-corrected chi connectivity index (χ2v) is 9.18. The largest absolute Gasteiger partial charge is 0.493 e. The summed E-state index contributed by atoms with van der Waals surface area (Å²) in [6, 6.07) is 35.8. The number of rotatable bonds is 6. The zero-order chi connectivity index (χ0) is 28.3. The molecule has 1 aliphatic rings. The molecule has 2 amide bonds. The third-order valence-corrected chi connectivity index (χ3v) is 6.64. The standard InChI is InChI=1S/C33H24N4O4/c38-30-28(31(39)35(25-16-7-2-8-17-25)34(30)24-14-5-1-6-15-24)22-13-23-29-32(40)36(26-18-9-3-10-19-26)37(33(29)41)27-20-11-4-12-21-27/h1-23,38H. The van der Waals surface area contributed by atoms with E-state index in [1.54, 1.807) is 84.9 Å². The summed E-state index contributed by atoms with van der Waals surface area (Å²) in [6.45, 7) is 0. The molecule has 0 saturated carbocycles. The first kappa shape index (κ1) is 25.4. The highest BCUT2D eigenvalue weighted by atomic mass is 16.3. The number of anilines is 2. The highest BCUT2D eigenvalue weighted by Crippen LogP contribution is 2.31. The summed E-state index contributed by atoms with van der Waals surface area (Å²) in [5.74, 6) is -1.30. The van der Waals surface area contributed by atoms with E-state index in [1.807, 2.05) is 36.4 Å². The molecule has 2 heterocycles. The lowest BCUT2D eigenvalue weighted by Crippen LogP contribution is -2.41. The number of benzene rings is 4. The number of carbonyl (C=O) groups excluding carboxylic acids is 2. The van der Waals surface area contributed by atoms with Crippen molar-refractivity contribution in [2.24, 2.45) is 0 Å². The summed E-state index contributed by atoms with van der Waals surface area (Å²) in [5.41, 5.74) is 1.67. The van der Waals surface area contributed by atoms with Crippen LogP contribution < -0.4 is 15.6 Å². The predicted molar refractivity (Wildman–Crippen MR) is 158 cm³/mol. The molecule has 0 spiro atoms. The highest BCUT2D eigenvalue weighted by molar-refractivity contribution is 6.36. The maximum absolute atomic E-state index is 13.6. The number of amides is 2. The molecule has 0 aliphatic carbocycles. The molecule has 200 valence electrons. The molecule has 8 nitrogen and oxygen atoms in total. The minimum Gasteiger partial charge on any atom is -0.493 e. The first-order chi connectivity index (χ1) is 20.1. The van der Waals surface area contributed by atoms with Crippen LogP contribution in [0.3, 0.4) is 0 Å². The molecule has 1 fully saturated rings. The van der Waals surface area contributed by atoms with Crippen LogP contribution in [0, 0.1) is 0 Å². The molecular weight excluding hydrogens is 516 g/mol. The van der Waals surface area contributed by atoms with Crippen molar-refractivity contribution in [3.05, 3.63) is 155 Å². The fourth-order valence-electron chi connectivity index (χ4n) is 4.75. The van der Waals surface area contributed by atoms with Gasteiger partial charge in [0.15, 0.2) is 0 Å². The van der Waals surface area contributed by atoms with Crippen molar-refractivity contribution in [2.75, 3.05) is 10.0 Å². The number of aromatic hydroxyl groups is 1. The second kappa shape index (κ2) is 10.7. The van der Waals surface area contributed by atoms with Crippen LogP contribution >= 0.6 is 0 Å². The lowest BCUT2D eigenvalue weighted by Gasteiger charge is -2.27. The van der Waals surface area contributed by atoms with Gasteiger partial charge in [-0.25, -0.2) is 19.4 Å². The van der Waals surface area contributed by atoms with Crippen LogP contribution in [-0.2, 0) is 9.59 Å². The number of hydrogen-bond donors (Lipinski definition) is 1. The number of hydrogen-bond acceptors (Lipinski definition) is 4. The Labute approximate surface area is 235 Å². The molecule has 41 heavy (non-hydrogen) atoms. The van der Waals surface area contributed by atoms with E-state index in [1.165, 1.54) is 37.6 Å². The monoisotopic (exact) mass is 540 g/mol. The van der Waals surface area contributed by atoms with Crippen LogP contribution in [0.2, 0.25) is 0 Å². The van der Waals surface area contributed by atoms with Gasteiger partial charge in [0, 0.05) is 0 Å². The van der Waals surface area contributed by atoms with Crippen molar-refractivity contribution in [1.82, 2.24) is 9.36 Å². The summed E-state index contributed by atoms with van der Waals surface area (Å²) >= 11 is 0. The molecule has 8 heteroatoms. The zero-order valence-electron chi connectivity index (χ0n) is 21.7. The van der Waals surface area contributed by atoms with E-state index in [2.05, 4.69) is 0 Å². The Kier molecular flexibility index (Phi) is 6.63. The van der Waals surface area contributed by atoms with Crippen LogP contribution in [0.15, 0.2) is 144 Å². The van der Waals surface area contributed by atoms with Gasteiger partial charge in [-0.1, -0.05) is 78.9 Å². The lowest BCUT2D eigenvalue weighted by molar-refractivity contribution is -0.116. The van der Waals surface area contributed by atoms with Crippen molar-refractivity contribution in [2.45, 2.75) is 0 Å². The molecular formula is C33H24N4O4. The third-order valence-electron chi connectivity index (χ3n) is 6.64. The number of hydrazine groups is 1. The maximum atomic E-state index is 13.6. The van der Waals surface area contributed by atoms with Gasteiger partial charge >= 0.3 is 0 Å². The smallest absolute Gasteiger partial charge is 0.283 e. The molecule has 6 rings (SSSR count). The van der Waals surface area contributed by atoms with E-state index in [0.29, 0.717) is 22.7 Å². The number of allylic oxidation sites excluding steroid dienone is 2. The van der Waals surface area contributed by atoms with Gasteiger partial charge in [0.05, 0.1) is 22.7 Å². The Hall–Kier alpha value is -5.89. The van der Waals surface area contributed by atoms with Crippen molar-refractivity contribution in [1.29, 1.82) is 0 Å². The quantitative estimate of drug-likeness (QED) is 0.235. The van der Waals surface area contributed by atoms with Crippen molar-refractivity contribution in [3.8, 4) is 17.3 Å². The number of carbonyl (C=O) groups is 2. The summed E-state index contributed by atoms with van der Waals surface area (Å²) in [5, 5.41) is 13.8. The van der Waals surface area contributed by atoms with E-state index >= 15 is 0 Å². The predicted octanol–water partition coefficient (Wildman–Crippen LogP) is 5.27. The Morgan fingerprint density at radius 2 is 0.902 bits per heavy atom. The lowest BCUT2D eigenvalue weighted by atomic mass is 10.2. The van der Waals surface area contributed by atoms with Gasteiger partial charge in [0.25, 0.3) is 17.4 Å². The number of para-hydroxylation sites is 4. The molecule has 5 aromatic rings. The summed E-state index contributed by atoms with van der Waals surface area (Å²) in [6.07, 6.45) is 4.21. The van der Waals surface area contributed by atoms with Crippen LogP contribution in [0.4, 0.5) is 11.4 Å². The summed E-state index contributed by atoms with van der Waals surface area (Å²) < 4.78 is 2.79. The molecule has 1 N–H and O–H groups in total. The van der Waals surface area contributed by atoms with Crippen LogP contribution in [-0.4, -0.2) is 26.3 Å². The van der Waals surface area contributed by atoms with Gasteiger partial charge in [-0.3, -0.25) is 14.4 Å². The maximum Gasteiger partial charge on any atom is 0.283 e. The minimum absolute atomic E-state index is 0.00674. The molecule has 1 saturated heterocycles. The second-order valence-electron chi connectivity index (χ2n) is 9.18. The summed E-state index contributed by atoms with van der Waals surface area (Å²) in [7, 11) is 0. The number of nitrogens with zero attached hydrogens (tertiary/aromatic N) is 4. The Morgan fingerprint density at radius 1 is 0.512 bits per heavy atom. The minimum atomic E-state index is -0.512. The first-order valence-corrected chi connectivity index (χ1v) is 12.9. The van der Waals surface area contributed by atoms with Gasteiger partial charge in [-0.05, 0) is 60.7 Å². The third kappa shape index (κ3) is 4.53. The van der Waals surface area contributed by atoms with Gasteiger partial charge < -0.3 is 5.11 Å². The highest BCUT2D eigenvalue weighted by Gasteiger charge is 2.42. The van der Waals surface area contributed by atoms with Gasteiger partial charge in [-0.2, -0.15) is 0 Å². The van der Waals surface area contributed by atoms with Crippen LogP contribution in [0.5, 0.6) is 5.88 Å². The Morgan fingerprint density at radius 3 is 1.34 bits per heavy atom. The zero-order valence-corrected chi connectivity index (χ0v) is 21.7. The normalized spacial score (nSPS) is 13.4. The van der Waals surface area contributed by atoms with Crippen molar-refractivity contribution < 1.29 is 14.7 Å². The van der Waals surface area contributed by atoms with E-state index in [0.717, 1.165) is 0 Å². The average molecular weight is 541 g/mol. The van der Waals surface area contributed by atoms with E-state index in [9.17, 15) is 19.5 Å². The molecule has 0 atom stereocenters. The van der Waals surface area contributed by atoms with Crippen molar-refractivity contribution >= 4 is 29.3 Å². The SMILES string of the molecule is O=C1C(=CC=Cc2c(O)n(-c3ccccc3)n(-c3ccccc3)c2=O)C(=O)N(c2ccccc2)N1c1ccccc1. The Balaban J connectivity index is 1.43. The fourth-order valence-corrected chi connectivity index (χ4v) is 4.75. The van der Waals surface area contributed by atoms with Crippen LogP contribution in [0.1, 0.15) is 5.56 Å². The fraction of sp³-hybridized carbons (Fsp3) is 0. The summed E-state index contributed by atoms with van der Waals surface area (Å²) in [4.78, 5) is 40.7. The van der Waals surface area contributed by atoms with Gasteiger partial charge in [0.2, 0.25) is 5.88 Å². The molecule has 0 radical (unpaired) electrons. The van der Waals surface area contributed by atoms with Crippen molar-refractivity contribution in [3.63, 3.8) is 0 Å². The van der Waals surface area contributed by atoms with Gasteiger partial charge in [0.1, 0.15) is 11.1 Å². The van der Waals surface area contributed by atoms with E-state index in [4.69, 9.17) is 0 Å². The number of aromatic nitrogens is 2. The molecule has 1 aromatic heterocycles.